The average molecular weight is 431 g/mol. The van der Waals surface area contributed by atoms with Crippen LogP contribution in [0, 0.1) is 0 Å². The molecule has 0 aromatic heterocycles. The first-order chi connectivity index (χ1) is 15.2. The highest BCUT2D eigenvalue weighted by Crippen LogP contribution is 2.41. The fourth-order valence-corrected chi connectivity index (χ4v) is 4.74. The monoisotopic (exact) mass is 430 g/mol. The van der Waals surface area contributed by atoms with Gasteiger partial charge in [0.1, 0.15) is 0 Å². The molecule has 5 rings (SSSR count). The number of rotatable bonds is 5. The molecule has 3 aromatic carbocycles. The van der Waals surface area contributed by atoms with E-state index in [1.54, 1.807) is 11.8 Å². The van der Waals surface area contributed by atoms with Crippen molar-refractivity contribution < 1.29 is 14.3 Å². The van der Waals surface area contributed by atoms with Gasteiger partial charge in [-0.2, -0.15) is 0 Å². The number of carbonyl (C=O) groups is 1. The molecule has 0 atom stereocenters. The molecule has 0 fully saturated rings. The number of nitrogens with zero attached hydrogens (tertiary/aromatic N) is 1. The maximum absolute atomic E-state index is 12.8. The van der Waals surface area contributed by atoms with Crippen LogP contribution in [0.4, 0.5) is 5.69 Å². The van der Waals surface area contributed by atoms with Crippen molar-refractivity contribution in [2.24, 2.45) is 4.99 Å². The van der Waals surface area contributed by atoms with Crippen LogP contribution in [-0.2, 0) is 6.54 Å². The molecule has 0 aliphatic carbocycles. The van der Waals surface area contributed by atoms with E-state index < -0.39 is 0 Å². The van der Waals surface area contributed by atoms with Crippen LogP contribution in [0.25, 0.3) is 0 Å². The lowest BCUT2D eigenvalue weighted by atomic mass is 10.1. The SMILES string of the molecule is CCCC1=Nc2cc(C(=O)NCc3ccc4c(c3)OCO4)ccc2Sc2ccccc21. The normalized spacial score (nSPS) is 13.6. The molecule has 1 amide bonds. The van der Waals surface area contributed by atoms with Gasteiger partial charge in [-0.25, -0.2) is 0 Å². The predicted octanol–water partition coefficient (Wildman–Crippen LogP) is 5.73. The van der Waals surface area contributed by atoms with Gasteiger partial charge in [-0.15, -0.1) is 0 Å². The third kappa shape index (κ3) is 4.03. The highest BCUT2D eigenvalue weighted by atomic mass is 32.2. The molecule has 0 spiro atoms. The van der Waals surface area contributed by atoms with E-state index >= 15 is 0 Å². The van der Waals surface area contributed by atoms with E-state index in [2.05, 4.69) is 36.5 Å². The number of fused-ring (bicyclic) bond motifs is 3. The summed E-state index contributed by atoms with van der Waals surface area (Å²) in [6.45, 7) is 2.81. The predicted molar refractivity (Wildman–Crippen MR) is 122 cm³/mol. The second-order valence-electron chi connectivity index (χ2n) is 7.46. The van der Waals surface area contributed by atoms with Crippen LogP contribution in [0.15, 0.2) is 75.4 Å². The van der Waals surface area contributed by atoms with Crippen molar-refractivity contribution in [2.45, 2.75) is 36.1 Å². The molecule has 2 aliphatic rings. The van der Waals surface area contributed by atoms with Crippen molar-refractivity contribution in [2.75, 3.05) is 6.79 Å². The highest BCUT2D eigenvalue weighted by Gasteiger charge is 2.19. The van der Waals surface area contributed by atoms with E-state index in [1.807, 2.05) is 36.4 Å². The number of nitrogens with one attached hydrogen (secondary N) is 1. The van der Waals surface area contributed by atoms with Crippen LogP contribution in [0.5, 0.6) is 11.5 Å². The van der Waals surface area contributed by atoms with E-state index in [1.165, 1.54) is 10.5 Å². The minimum atomic E-state index is -0.125. The van der Waals surface area contributed by atoms with E-state index in [4.69, 9.17) is 14.5 Å². The zero-order valence-electron chi connectivity index (χ0n) is 17.2. The highest BCUT2D eigenvalue weighted by molar-refractivity contribution is 7.99. The Hall–Kier alpha value is -3.25. The van der Waals surface area contributed by atoms with Gasteiger partial charge in [0.2, 0.25) is 6.79 Å². The summed E-state index contributed by atoms with van der Waals surface area (Å²) in [7, 11) is 0. The molecule has 156 valence electrons. The third-order valence-corrected chi connectivity index (χ3v) is 6.41. The van der Waals surface area contributed by atoms with Crippen molar-refractivity contribution in [3.8, 4) is 11.5 Å². The van der Waals surface area contributed by atoms with Gasteiger partial charge in [-0.3, -0.25) is 9.79 Å². The van der Waals surface area contributed by atoms with Crippen molar-refractivity contribution in [3.63, 3.8) is 0 Å². The third-order valence-electron chi connectivity index (χ3n) is 5.27. The smallest absolute Gasteiger partial charge is 0.251 e. The van der Waals surface area contributed by atoms with Gasteiger partial charge in [-0.1, -0.05) is 49.4 Å². The molecule has 6 heteroatoms. The van der Waals surface area contributed by atoms with Gasteiger partial charge in [0.05, 0.1) is 5.69 Å². The van der Waals surface area contributed by atoms with E-state index in [0.29, 0.717) is 17.9 Å². The second kappa shape index (κ2) is 8.47. The fraction of sp³-hybridized carbons (Fsp3) is 0.200. The molecule has 2 heterocycles. The summed E-state index contributed by atoms with van der Waals surface area (Å²) in [4.78, 5) is 20.0. The second-order valence-corrected chi connectivity index (χ2v) is 8.54. The zero-order valence-corrected chi connectivity index (χ0v) is 18.0. The molecule has 0 saturated heterocycles. The summed E-state index contributed by atoms with van der Waals surface area (Å²) in [5.41, 5.74) is 4.66. The molecule has 5 nitrogen and oxygen atoms in total. The molecule has 0 saturated carbocycles. The van der Waals surface area contributed by atoms with Gasteiger partial charge in [-0.05, 0) is 48.4 Å². The van der Waals surface area contributed by atoms with Crippen LogP contribution >= 0.6 is 11.8 Å². The van der Waals surface area contributed by atoms with Crippen LogP contribution in [0.2, 0.25) is 0 Å². The lowest BCUT2D eigenvalue weighted by Crippen LogP contribution is -2.22. The van der Waals surface area contributed by atoms with E-state index in [0.717, 1.165) is 40.4 Å². The lowest BCUT2D eigenvalue weighted by molar-refractivity contribution is 0.0951. The number of aliphatic imine (C=N–C) groups is 1. The zero-order chi connectivity index (χ0) is 21.2. The first-order valence-electron chi connectivity index (χ1n) is 10.4. The van der Waals surface area contributed by atoms with Crippen LogP contribution < -0.4 is 14.8 Å². The summed E-state index contributed by atoms with van der Waals surface area (Å²) in [5, 5.41) is 2.99. The summed E-state index contributed by atoms with van der Waals surface area (Å²) < 4.78 is 10.7. The Balaban J connectivity index is 1.37. The molecule has 31 heavy (non-hydrogen) atoms. The maximum Gasteiger partial charge on any atom is 0.251 e. The van der Waals surface area contributed by atoms with Crippen LogP contribution in [0.3, 0.4) is 0 Å². The molecule has 0 unspecified atom stereocenters. The van der Waals surface area contributed by atoms with Gasteiger partial charge in [0, 0.05) is 33.2 Å². The molecule has 2 aliphatic heterocycles. The number of ether oxygens (including phenoxy) is 2. The largest absolute Gasteiger partial charge is 0.454 e. The first kappa shape index (κ1) is 19.7. The van der Waals surface area contributed by atoms with Crippen molar-refractivity contribution in [1.82, 2.24) is 5.32 Å². The Bertz CT molecular complexity index is 1190. The minimum Gasteiger partial charge on any atom is -0.454 e. The van der Waals surface area contributed by atoms with E-state index in [9.17, 15) is 4.79 Å². The molecule has 1 N–H and O–H groups in total. The molecular weight excluding hydrogens is 408 g/mol. The minimum absolute atomic E-state index is 0.125. The Morgan fingerprint density at radius 1 is 1.03 bits per heavy atom. The summed E-state index contributed by atoms with van der Waals surface area (Å²) in [6.07, 6.45) is 1.92. The topological polar surface area (TPSA) is 59.9 Å². The Morgan fingerprint density at radius 3 is 2.81 bits per heavy atom. The maximum atomic E-state index is 12.8. The first-order valence-corrected chi connectivity index (χ1v) is 11.2. The van der Waals surface area contributed by atoms with Gasteiger partial charge >= 0.3 is 0 Å². The fourth-order valence-electron chi connectivity index (χ4n) is 3.71. The van der Waals surface area contributed by atoms with Gasteiger partial charge in [0.25, 0.3) is 5.91 Å². The average Bonchev–Trinajstić information content (AvgIpc) is 3.20. The van der Waals surface area contributed by atoms with Crippen molar-refractivity contribution >= 4 is 29.1 Å². The van der Waals surface area contributed by atoms with Crippen LogP contribution in [0.1, 0.15) is 41.3 Å². The van der Waals surface area contributed by atoms with E-state index in [-0.39, 0.29) is 12.7 Å². The van der Waals surface area contributed by atoms with Gasteiger partial charge < -0.3 is 14.8 Å². The van der Waals surface area contributed by atoms with Crippen molar-refractivity contribution in [1.29, 1.82) is 0 Å². The molecule has 3 aromatic rings. The molecule has 0 bridgehead atoms. The van der Waals surface area contributed by atoms with Crippen LogP contribution in [-0.4, -0.2) is 18.4 Å². The summed E-state index contributed by atoms with van der Waals surface area (Å²) in [5.74, 6) is 1.32. The summed E-state index contributed by atoms with van der Waals surface area (Å²) >= 11 is 1.70. The standard InChI is InChI=1S/C25H22N2O3S/c1-2-5-19-18-6-3-4-7-23(18)31-24-11-9-17(13-20(24)27-19)25(28)26-14-16-8-10-21-22(12-16)30-15-29-21/h3-4,6-13H,2,5,14-15H2,1H3,(H,26,28). The van der Waals surface area contributed by atoms with Gasteiger partial charge in [0.15, 0.2) is 11.5 Å². The van der Waals surface area contributed by atoms with Crippen molar-refractivity contribution in [3.05, 3.63) is 77.4 Å². The summed E-state index contributed by atoms with van der Waals surface area (Å²) in [6, 6.07) is 19.8. The quantitative estimate of drug-likeness (QED) is 0.561. The number of amides is 1. The Morgan fingerprint density at radius 2 is 1.90 bits per heavy atom. The Kier molecular flexibility index (Phi) is 5.38. The number of benzene rings is 3. The Labute approximate surface area is 185 Å². The molecular formula is C25H22N2O3S. The lowest BCUT2D eigenvalue weighted by Gasteiger charge is -2.09. The number of hydrogen-bond acceptors (Lipinski definition) is 5. The number of carbonyl (C=O) groups excluding carboxylic acids is 1. The number of hydrogen-bond donors (Lipinski definition) is 1. The molecule has 0 radical (unpaired) electrons.